The van der Waals surface area contributed by atoms with Crippen LogP contribution in [0, 0.1) is 0 Å². The van der Waals surface area contributed by atoms with Crippen molar-refractivity contribution >= 4 is 34.6 Å². The summed E-state index contributed by atoms with van der Waals surface area (Å²) in [5, 5.41) is 4.30. The molecule has 0 heterocycles. The average Bonchev–Trinajstić information content (AvgIpc) is 2.90. The molecule has 38 heavy (non-hydrogen) atoms. The molecule has 0 aromatic heterocycles. The van der Waals surface area contributed by atoms with Crippen LogP contribution >= 0.6 is 0 Å². The number of methoxy groups -OCH3 is 1. The molecule has 0 fully saturated rings. The number of carbonyl (C=O) groups excluding carboxylic acids is 3. The monoisotopic (exact) mass is 519 g/mol. The molecule has 1 atom stereocenters. The highest BCUT2D eigenvalue weighted by Gasteiger charge is 2.29. The molecule has 0 bridgehead atoms. The van der Waals surface area contributed by atoms with E-state index in [0.29, 0.717) is 24.3 Å². The summed E-state index contributed by atoms with van der Waals surface area (Å²) in [6.45, 7) is 0.710. The maximum Gasteiger partial charge on any atom is 0.312 e. The summed E-state index contributed by atoms with van der Waals surface area (Å²) in [4.78, 5) is 42.8. The summed E-state index contributed by atoms with van der Waals surface area (Å²) < 4.78 is 5.28. The Morgan fingerprint density at radius 3 is 2.21 bits per heavy atom. The van der Waals surface area contributed by atoms with Crippen molar-refractivity contribution in [1.82, 2.24) is 10.2 Å². The molecule has 0 unspecified atom stereocenters. The Labute approximate surface area is 220 Å². The first-order valence-electron chi connectivity index (χ1n) is 12.0. The second-order valence-electron chi connectivity index (χ2n) is 8.76. The number of urea groups is 1. The quantitative estimate of drug-likeness (QED) is 0.137. The Hall–Kier alpha value is -4.80. The predicted molar refractivity (Wildman–Crippen MR) is 146 cm³/mol. The van der Waals surface area contributed by atoms with Crippen LogP contribution in [-0.4, -0.2) is 48.4 Å². The first-order chi connectivity index (χ1) is 18.2. The smallest absolute Gasteiger partial charge is 0.312 e. The van der Waals surface area contributed by atoms with Crippen LogP contribution in [0.1, 0.15) is 34.3 Å². The third-order valence-corrected chi connectivity index (χ3v) is 6.03. The van der Waals surface area contributed by atoms with Gasteiger partial charge in [-0.1, -0.05) is 36.4 Å². The van der Waals surface area contributed by atoms with Gasteiger partial charge in [0, 0.05) is 25.2 Å². The van der Waals surface area contributed by atoms with Crippen molar-refractivity contribution in [3.05, 3.63) is 77.4 Å². The number of amides is 4. The van der Waals surface area contributed by atoms with Crippen molar-refractivity contribution in [3.63, 3.8) is 0 Å². The molecular formula is C27H33N7O4. The Kier molecular flexibility index (Phi) is 9.47. The van der Waals surface area contributed by atoms with Gasteiger partial charge in [-0.15, -0.1) is 0 Å². The summed E-state index contributed by atoms with van der Waals surface area (Å²) >= 11 is 0. The maximum atomic E-state index is 13.8. The molecule has 9 N–H and O–H groups in total. The zero-order valence-corrected chi connectivity index (χ0v) is 21.2. The lowest BCUT2D eigenvalue weighted by Gasteiger charge is -2.30. The molecule has 3 aromatic rings. The van der Waals surface area contributed by atoms with Crippen molar-refractivity contribution < 1.29 is 19.1 Å². The molecule has 200 valence electrons. The van der Waals surface area contributed by atoms with E-state index in [2.05, 4.69) is 10.3 Å². The van der Waals surface area contributed by atoms with Crippen LogP contribution in [0.2, 0.25) is 0 Å². The highest BCUT2D eigenvalue weighted by molar-refractivity contribution is 6.00. The number of nitrogens with two attached hydrogens (primary N) is 4. The van der Waals surface area contributed by atoms with Gasteiger partial charge < -0.3 is 37.9 Å². The minimum absolute atomic E-state index is 0.0488. The Balaban J connectivity index is 1.91. The van der Waals surface area contributed by atoms with Crippen LogP contribution in [-0.2, 0) is 17.9 Å². The summed E-state index contributed by atoms with van der Waals surface area (Å²) in [5.41, 5.74) is 23.8. The molecule has 0 aliphatic heterocycles. The van der Waals surface area contributed by atoms with Crippen molar-refractivity contribution in [2.75, 3.05) is 13.7 Å². The van der Waals surface area contributed by atoms with Crippen molar-refractivity contribution in [1.29, 1.82) is 0 Å². The summed E-state index contributed by atoms with van der Waals surface area (Å²) in [7, 11) is 1.59. The van der Waals surface area contributed by atoms with E-state index in [1.165, 1.54) is 4.90 Å². The van der Waals surface area contributed by atoms with E-state index in [1.807, 2.05) is 48.5 Å². The largest absolute Gasteiger partial charge is 0.497 e. The van der Waals surface area contributed by atoms with Crippen LogP contribution in [0.25, 0.3) is 10.8 Å². The summed E-state index contributed by atoms with van der Waals surface area (Å²) in [6.07, 6.45) is 0.730. The van der Waals surface area contributed by atoms with E-state index < -0.39 is 18.0 Å². The van der Waals surface area contributed by atoms with E-state index in [9.17, 15) is 14.4 Å². The topological polar surface area (TPSA) is 192 Å². The zero-order chi connectivity index (χ0) is 27.7. The first kappa shape index (κ1) is 27.8. The molecule has 3 aromatic carbocycles. The number of hydrogen-bond acceptors (Lipinski definition) is 5. The number of nitrogens with one attached hydrogen (secondary N) is 1. The molecule has 11 heteroatoms. The number of carbonyl (C=O) groups is 3. The van der Waals surface area contributed by atoms with Crippen molar-refractivity contribution in [3.8, 4) is 5.75 Å². The summed E-state index contributed by atoms with van der Waals surface area (Å²) in [6, 6.07) is 16.7. The van der Waals surface area contributed by atoms with Gasteiger partial charge in [0.05, 0.1) is 7.11 Å². The standard InChI is InChI=1S/C27H33N7O4/c1-38-22-11-10-19-13-21(9-8-20(19)14-22)25(36)34(23(24(28)35)3-2-12-32-26(29)30)16-18-6-4-17(5-7-18)15-33-27(31)37/h4-11,13-14,23H,2-3,12,15-16H2,1H3,(H2,28,35)(H4,29,30,32)(H3,31,33,37)/t23-/m1/s1. The van der Waals surface area contributed by atoms with Gasteiger partial charge in [0.25, 0.3) is 5.91 Å². The van der Waals surface area contributed by atoms with Crippen LogP contribution in [0.3, 0.4) is 0 Å². The minimum atomic E-state index is -0.889. The SMILES string of the molecule is COc1ccc2cc(C(=O)N(Cc3ccc(CNC(N)=O)cc3)[C@H](CCCN=C(N)N)C(N)=O)ccc2c1. The average molecular weight is 520 g/mol. The molecule has 0 aliphatic carbocycles. The Morgan fingerprint density at radius 1 is 0.921 bits per heavy atom. The third kappa shape index (κ3) is 7.60. The molecule has 0 aliphatic rings. The van der Waals surface area contributed by atoms with E-state index in [0.717, 1.165) is 21.9 Å². The molecular weight excluding hydrogens is 486 g/mol. The van der Waals surface area contributed by atoms with Crippen LogP contribution in [0.4, 0.5) is 4.79 Å². The molecule has 3 rings (SSSR count). The van der Waals surface area contributed by atoms with E-state index >= 15 is 0 Å². The first-order valence-corrected chi connectivity index (χ1v) is 12.0. The van der Waals surface area contributed by atoms with Gasteiger partial charge in [0.15, 0.2) is 5.96 Å². The summed E-state index contributed by atoms with van der Waals surface area (Å²) in [5.74, 6) is -0.307. The molecule has 4 amide bonds. The van der Waals surface area contributed by atoms with E-state index in [4.69, 9.17) is 27.7 Å². The second kappa shape index (κ2) is 12.9. The molecule has 0 radical (unpaired) electrons. The number of benzene rings is 3. The number of rotatable bonds is 12. The van der Waals surface area contributed by atoms with Gasteiger partial charge in [-0.25, -0.2) is 4.79 Å². The Bertz CT molecular complexity index is 1320. The number of ether oxygens (including phenoxy) is 1. The van der Waals surface area contributed by atoms with Crippen LogP contribution in [0.15, 0.2) is 65.7 Å². The Morgan fingerprint density at radius 2 is 1.58 bits per heavy atom. The number of fused-ring (bicyclic) bond motifs is 1. The van der Waals surface area contributed by atoms with E-state index in [-0.39, 0.29) is 31.4 Å². The molecule has 11 nitrogen and oxygen atoms in total. The second-order valence-corrected chi connectivity index (χ2v) is 8.76. The molecule has 0 spiro atoms. The molecule has 0 saturated carbocycles. The van der Waals surface area contributed by atoms with Gasteiger partial charge in [-0.05, 0) is 59.0 Å². The predicted octanol–water partition coefficient (Wildman–Crippen LogP) is 1.57. The fourth-order valence-electron chi connectivity index (χ4n) is 4.07. The highest BCUT2D eigenvalue weighted by Crippen LogP contribution is 2.24. The lowest BCUT2D eigenvalue weighted by molar-refractivity contribution is -0.122. The number of aliphatic imine (C=N–C) groups is 1. The van der Waals surface area contributed by atoms with Gasteiger partial charge in [-0.2, -0.15) is 0 Å². The third-order valence-electron chi connectivity index (χ3n) is 6.03. The van der Waals surface area contributed by atoms with Gasteiger partial charge in [0.1, 0.15) is 11.8 Å². The van der Waals surface area contributed by atoms with Crippen LogP contribution in [0.5, 0.6) is 5.75 Å². The number of primary amides is 2. The normalized spacial score (nSPS) is 11.4. The lowest BCUT2D eigenvalue weighted by atomic mass is 10.0. The van der Waals surface area contributed by atoms with Crippen molar-refractivity contribution in [2.45, 2.75) is 32.0 Å². The van der Waals surface area contributed by atoms with Gasteiger partial charge in [-0.3, -0.25) is 14.6 Å². The molecule has 0 saturated heterocycles. The highest BCUT2D eigenvalue weighted by atomic mass is 16.5. The maximum absolute atomic E-state index is 13.8. The van der Waals surface area contributed by atoms with Crippen molar-refractivity contribution in [2.24, 2.45) is 27.9 Å². The van der Waals surface area contributed by atoms with E-state index in [1.54, 1.807) is 19.2 Å². The van der Waals surface area contributed by atoms with Gasteiger partial charge >= 0.3 is 6.03 Å². The van der Waals surface area contributed by atoms with Crippen LogP contribution < -0.4 is 33.0 Å². The van der Waals surface area contributed by atoms with Gasteiger partial charge in [0.2, 0.25) is 5.91 Å². The number of nitrogens with zero attached hydrogens (tertiary/aromatic N) is 2. The fraction of sp³-hybridized carbons (Fsp3) is 0.259. The lowest BCUT2D eigenvalue weighted by Crippen LogP contribution is -2.47. The number of hydrogen-bond donors (Lipinski definition) is 5. The minimum Gasteiger partial charge on any atom is -0.497 e. The fourth-order valence-corrected chi connectivity index (χ4v) is 4.07. The number of guanidine groups is 1. The zero-order valence-electron chi connectivity index (χ0n) is 21.2.